The van der Waals surface area contributed by atoms with E-state index in [-0.39, 0.29) is 44.1 Å². The summed E-state index contributed by atoms with van der Waals surface area (Å²) in [6, 6.07) is 1.91. The van der Waals surface area contributed by atoms with Crippen LogP contribution in [-0.4, -0.2) is 50.1 Å². The summed E-state index contributed by atoms with van der Waals surface area (Å²) in [7, 11) is -4.52. The van der Waals surface area contributed by atoms with Crippen LogP contribution in [0.5, 0.6) is 11.5 Å². The van der Waals surface area contributed by atoms with Gasteiger partial charge in [0.25, 0.3) is 5.69 Å². The van der Waals surface area contributed by atoms with Gasteiger partial charge in [-0.25, -0.2) is 8.42 Å². The summed E-state index contributed by atoms with van der Waals surface area (Å²) >= 11 is 0. The predicted molar refractivity (Wildman–Crippen MR) is 86.2 cm³/mol. The largest absolute Gasteiger partial charge is 0.490 e. The molecule has 0 bridgehead atoms. The number of sulfonamides is 1. The third-order valence-electron chi connectivity index (χ3n) is 4.49. The van der Waals surface area contributed by atoms with E-state index in [1.54, 1.807) is 0 Å². The number of nitro groups is 1. The summed E-state index contributed by atoms with van der Waals surface area (Å²) in [6.45, 7) is -0.433. The van der Waals surface area contributed by atoms with E-state index in [0.29, 0.717) is 10.7 Å². The van der Waals surface area contributed by atoms with Crippen LogP contribution in [0.3, 0.4) is 0 Å². The van der Waals surface area contributed by atoms with Gasteiger partial charge in [-0.2, -0.15) is 17.5 Å². The molecule has 1 atom stereocenters. The van der Waals surface area contributed by atoms with Crippen LogP contribution in [0.1, 0.15) is 19.3 Å². The van der Waals surface area contributed by atoms with Crippen LogP contribution in [0.2, 0.25) is 0 Å². The molecule has 8 nitrogen and oxygen atoms in total. The van der Waals surface area contributed by atoms with Gasteiger partial charge >= 0.3 is 6.18 Å². The molecule has 0 aromatic heterocycles. The average molecular weight is 410 g/mol. The Balaban J connectivity index is 2.03. The molecule has 0 N–H and O–H groups in total. The van der Waals surface area contributed by atoms with Gasteiger partial charge in [-0.15, -0.1) is 0 Å². The molecule has 1 unspecified atom stereocenters. The van der Waals surface area contributed by atoms with Gasteiger partial charge in [0.15, 0.2) is 16.4 Å². The molecular formula is C15H17F3N2O6S. The molecule has 0 amide bonds. The lowest BCUT2D eigenvalue weighted by molar-refractivity contribution is -0.388. The Hall–Kier alpha value is -2.08. The smallest absolute Gasteiger partial charge is 0.393 e. The summed E-state index contributed by atoms with van der Waals surface area (Å²) in [5, 5.41) is 11.4. The molecule has 0 aliphatic carbocycles. The molecule has 2 aliphatic heterocycles. The summed E-state index contributed by atoms with van der Waals surface area (Å²) in [5.74, 6) is -1.76. The quantitative estimate of drug-likeness (QED) is 0.561. The fraction of sp³-hybridized carbons (Fsp3) is 0.600. The number of piperidine rings is 1. The molecule has 0 radical (unpaired) electrons. The van der Waals surface area contributed by atoms with Crippen LogP contribution in [0, 0.1) is 16.0 Å². The first-order valence-corrected chi connectivity index (χ1v) is 9.69. The maximum Gasteiger partial charge on any atom is 0.393 e. The zero-order chi connectivity index (χ0) is 19.8. The second kappa shape index (κ2) is 7.15. The Morgan fingerprint density at radius 3 is 2.37 bits per heavy atom. The summed E-state index contributed by atoms with van der Waals surface area (Å²) in [6.07, 6.45) is -4.20. The first-order valence-electron chi connectivity index (χ1n) is 8.25. The van der Waals surface area contributed by atoms with Crippen LogP contribution >= 0.6 is 0 Å². The van der Waals surface area contributed by atoms with Crippen molar-refractivity contribution in [2.75, 3.05) is 26.3 Å². The number of benzene rings is 1. The van der Waals surface area contributed by atoms with E-state index in [0.717, 1.165) is 12.1 Å². The van der Waals surface area contributed by atoms with Gasteiger partial charge in [-0.3, -0.25) is 10.1 Å². The van der Waals surface area contributed by atoms with E-state index < -0.39 is 44.2 Å². The number of nitrogens with zero attached hydrogens (tertiary/aromatic N) is 2. The van der Waals surface area contributed by atoms with Crippen molar-refractivity contribution in [2.45, 2.75) is 30.3 Å². The fourth-order valence-corrected chi connectivity index (χ4v) is 4.77. The lowest BCUT2D eigenvalue weighted by Gasteiger charge is -2.32. The van der Waals surface area contributed by atoms with E-state index in [1.165, 1.54) is 0 Å². The number of rotatable bonds is 3. The van der Waals surface area contributed by atoms with Crippen LogP contribution < -0.4 is 9.47 Å². The number of ether oxygens (including phenoxy) is 2. The number of fused-ring (bicyclic) bond motifs is 1. The Morgan fingerprint density at radius 1 is 1.15 bits per heavy atom. The monoisotopic (exact) mass is 410 g/mol. The second-order valence-corrected chi connectivity index (χ2v) is 8.22. The third-order valence-corrected chi connectivity index (χ3v) is 6.38. The zero-order valence-corrected chi connectivity index (χ0v) is 14.9. The maximum atomic E-state index is 13.0. The van der Waals surface area contributed by atoms with Crippen LogP contribution in [-0.2, 0) is 10.0 Å². The third kappa shape index (κ3) is 3.95. The number of hydrogen-bond acceptors (Lipinski definition) is 6. The topological polar surface area (TPSA) is 99.0 Å². The molecule has 27 heavy (non-hydrogen) atoms. The van der Waals surface area contributed by atoms with Crippen LogP contribution in [0.25, 0.3) is 0 Å². The standard InChI is InChI=1S/C15H17F3N2O6S/c16-15(17,18)10-3-1-4-19(9-10)27(23,24)14-8-13-12(7-11(14)20(21)22)25-5-2-6-26-13/h7-8,10H,1-6,9H2. The lowest BCUT2D eigenvalue weighted by Crippen LogP contribution is -2.44. The van der Waals surface area contributed by atoms with E-state index in [9.17, 15) is 31.7 Å². The van der Waals surface area contributed by atoms with Gasteiger partial charge in [0.05, 0.1) is 30.1 Å². The summed E-state index contributed by atoms with van der Waals surface area (Å²) in [4.78, 5) is 9.80. The lowest BCUT2D eigenvalue weighted by atomic mass is 9.99. The molecule has 0 spiro atoms. The summed E-state index contributed by atoms with van der Waals surface area (Å²) < 4.78 is 76.2. The van der Waals surface area contributed by atoms with E-state index in [4.69, 9.17) is 9.47 Å². The SMILES string of the molecule is O=[N+]([O-])c1cc2c(cc1S(=O)(=O)N1CCCC(C(F)(F)F)C1)OCCCO2. The Bertz CT molecular complexity index is 843. The zero-order valence-electron chi connectivity index (χ0n) is 14.1. The van der Waals surface area contributed by atoms with Crippen molar-refractivity contribution in [2.24, 2.45) is 5.92 Å². The molecule has 150 valence electrons. The number of hydrogen-bond donors (Lipinski definition) is 0. The van der Waals surface area contributed by atoms with Gasteiger partial charge in [0.1, 0.15) is 0 Å². The van der Waals surface area contributed by atoms with Crippen molar-refractivity contribution in [3.05, 3.63) is 22.2 Å². The maximum absolute atomic E-state index is 13.0. The molecule has 2 heterocycles. The Kier molecular flexibility index (Phi) is 5.21. The molecule has 1 aromatic carbocycles. The number of halogens is 3. The van der Waals surface area contributed by atoms with Gasteiger partial charge in [-0.1, -0.05) is 0 Å². The fourth-order valence-electron chi connectivity index (χ4n) is 3.10. The van der Waals surface area contributed by atoms with Gasteiger partial charge in [0.2, 0.25) is 10.0 Å². The first-order chi connectivity index (χ1) is 12.6. The van der Waals surface area contributed by atoms with Crippen molar-refractivity contribution >= 4 is 15.7 Å². The minimum Gasteiger partial charge on any atom is -0.490 e. The van der Waals surface area contributed by atoms with E-state index in [2.05, 4.69) is 0 Å². The highest BCUT2D eigenvalue weighted by Gasteiger charge is 2.45. The molecule has 0 saturated carbocycles. The van der Waals surface area contributed by atoms with Crippen LogP contribution in [0.15, 0.2) is 17.0 Å². The molecule has 2 aliphatic rings. The Morgan fingerprint density at radius 2 is 1.78 bits per heavy atom. The first kappa shape index (κ1) is 19.7. The molecular weight excluding hydrogens is 393 g/mol. The molecule has 12 heteroatoms. The van der Waals surface area contributed by atoms with Crippen molar-refractivity contribution in [1.29, 1.82) is 0 Å². The van der Waals surface area contributed by atoms with Crippen LogP contribution in [0.4, 0.5) is 18.9 Å². The average Bonchev–Trinajstić information content (AvgIpc) is 2.84. The minimum absolute atomic E-state index is 0.0149. The van der Waals surface area contributed by atoms with Gasteiger partial charge in [0, 0.05) is 25.6 Å². The van der Waals surface area contributed by atoms with Gasteiger partial charge in [-0.05, 0) is 12.8 Å². The predicted octanol–water partition coefficient (Wildman–Crippen LogP) is 2.72. The van der Waals surface area contributed by atoms with E-state index in [1.807, 2.05) is 0 Å². The summed E-state index contributed by atoms with van der Waals surface area (Å²) in [5.41, 5.74) is -0.756. The van der Waals surface area contributed by atoms with Gasteiger partial charge < -0.3 is 9.47 Å². The van der Waals surface area contributed by atoms with Crippen molar-refractivity contribution < 1.29 is 36.0 Å². The molecule has 1 fully saturated rings. The number of alkyl halides is 3. The molecule has 1 saturated heterocycles. The van der Waals surface area contributed by atoms with E-state index >= 15 is 0 Å². The highest BCUT2D eigenvalue weighted by Crippen LogP contribution is 2.41. The molecule has 3 rings (SSSR count). The Labute approximate surface area is 153 Å². The van der Waals surface area contributed by atoms with Crippen molar-refractivity contribution in [3.63, 3.8) is 0 Å². The second-order valence-electron chi connectivity index (χ2n) is 6.32. The normalized spacial score (nSPS) is 21.5. The molecule has 1 aromatic rings. The minimum atomic E-state index is -4.54. The number of nitro benzene ring substituents is 1. The highest BCUT2D eigenvalue weighted by molar-refractivity contribution is 7.89. The highest BCUT2D eigenvalue weighted by atomic mass is 32.2. The van der Waals surface area contributed by atoms with Crippen molar-refractivity contribution in [1.82, 2.24) is 4.31 Å². The van der Waals surface area contributed by atoms with Crippen molar-refractivity contribution in [3.8, 4) is 11.5 Å².